The fourth-order valence-corrected chi connectivity index (χ4v) is 9.18. The summed E-state index contributed by atoms with van der Waals surface area (Å²) in [5.74, 6) is 2.53. The van der Waals surface area contributed by atoms with Gasteiger partial charge in [-0.15, -0.1) is 0 Å². The maximum absolute atomic E-state index is 14.1. The van der Waals surface area contributed by atoms with Crippen LogP contribution in [0, 0.1) is 46.3 Å². The van der Waals surface area contributed by atoms with Gasteiger partial charge in [0.15, 0.2) is 0 Å². The average molecular weight is 509 g/mol. The number of esters is 1. The number of hydrogen-bond acceptors (Lipinski definition) is 7. The Bertz CT molecular complexity index is 786. The molecule has 36 heavy (non-hydrogen) atoms. The number of hydrogen-bond donors (Lipinski definition) is 0. The van der Waals surface area contributed by atoms with Crippen LogP contribution in [0.4, 0.5) is 0 Å². The van der Waals surface area contributed by atoms with E-state index in [1.165, 1.54) is 7.11 Å². The van der Waals surface area contributed by atoms with E-state index >= 15 is 0 Å². The van der Waals surface area contributed by atoms with Crippen LogP contribution in [0.15, 0.2) is 0 Å². The van der Waals surface area contributed by atoms with E-state index in [2.05, 4.69) is 20.8 Å². The molecule has 10 atom stereocenters. The third kappa shape index (κ3) is 4.90. The minimum Gasteiger partial charge on any atom is -0.469 e. The quantitative estimate of drug-likeness (QED) is 0.303. The maximum Gasteiger partial charge on any atom is 0.305 e. The highest BCUT2D eigenvalue weighted by Gasteiger charge is 2.65. The van der Waals surface area contributed by atoms with Crippen molar-refractivity contribution >= 4 is 11.8 Å². The van der Waals surface area contributed by atoms with Crippen molar-refractivity contribution in [2.24, 2.45) is 46.3 Å². The Balaban J connectivity index is 1.57. The molecule has 4 saturated carbocycles. The van der Waals surface area contributed by atoms with Crippen LogP contribution < -0.4 is 0 Å². The number of fused-ring (bicyclic) bond motifs is 5. The number of carbonyl (C=O) groups is 2. The summed E-state index contributed by atoms with van der Waals surface area (Å²) in [5, 5.41) is 0. The summed E-state index contributed by atoms with van der Waals surface area (Å²) in [6, 6.07) is 0. The lowest BCUT2D eigenvalue weighted by atomic mass is 9.43. The van der Waals surface area contributed by atoms with Crippen molar-refractivity contribution in [1.29, 1.82) is 0 Å². The summed E-state index contributed by atoms with van der Waals surface area (Å²) in [7, 11) is 4.79. The Morgan fingerprint density at radius 3 is 2.39 bits per heavy atom. The SMILES string of the molecule is COCO[C@H]1CC[C@@]2(C)[C@H](C1)[C@@H](OCOC)C[C@@H]1[C@@H]2CC(=O)[C@]2(C)[C@@H]([C@H](C)CCC(=O)OC)CC[C@@H]12. The zero-order chi connectivity index (χ0) is 26.1. The molecule has 7 nitrogen and oxygen atoms in total. The van der Waals surface area contributed by atoms with E-state index in [4.69, 9.17) is 23.7 Å². The average Bonchev–Trinajstić information content (AvgIpc) is 3.24. The van der Waals surface area contributed by atoms with Crippen LogP contribution in [0.1, 0.15) is 78.6 Å². The molecule has 0 radical (unpaired) electrons. The van der Waals surface area contributed by atoms with E-state index in [9.17, 15) is 9.59 Å². The first-order valence-electron chi connectivity index (χ1n) is 14.0. The molecule has 0 heterocycles. The first-order valence-corrected chi connectivity index (χ1v) is 14.0. The molecule has 0 aromatic heterocycles. The van der Waals surface area contributed by atoms with Crippen LogP contribution in [0.25, 0.3) is 0 Å². The van der Waals surface area contributed by atoms with Crippen molar-refractivity contribution < 1.29 is 33.3 Å². The fourth-order valence-electron chi connectivity index (χ4n) is 9.18. The number of ether oxygens (including phenoxy) is 5. The summed E-state index contributed by atoms with van der Waals surface area (Å²) in [5.41, 5.74) is -0.260. The molecule has 7 heteroatoms. The number of Topliss-reactive ketones (excluding diaryl/α,β-unsaturated/α-hetero) is 1. The largest absolute Gasteiger partial charge is 0.469 e. The van der Waals surface area contributed by atoms with E-state index < -0.39 is 0 Å². The van der Waals surface area contributed by atoms with E-state index in [-0.39, 0.29) is 29.0 Å². The zero-order valence-corrected chi connectivity index (χ0v) is 23.3. The lowest BCUT2D eigenvalue weighted by Crippen LogP contribution is -2.61. The first-order chi connectivity index (χ1) is 17.2. The smallest absolute Gasteiger partial charge is 0.305 e. The van der Waals surface area contributed by atoms with Crippen molar-refractivity contribution in [2.75, 3.05) is 34.9 Å². The van der Waals surface area contributed by atoms with Gasteiger partial charge in [0.1, 0.15) is 19.4 Å². The van der Waals surface area contributed by atoms with Gasteiger partial charge in [-0.2, -0.15) is 0 Å². The summed E-state index contributed by atoms with van der Waals surface area (Å²) in [4.78, 5) is 25.8. The van der Waals surface area contributed by atoms with Gasteiger partial charge in [-0.1, -0.05) is 20.8 Å². The van der Waals surface area contributed by atoms with Crippen molar-refractivity contribution in [3.05, 3.63) is 0 Å². The van der Waals surface area contributed by atoms with Crippen LogP contribution in [0.3, 0.4) is 0 Å². The van der Waals surface area contributed by atoms with Crippen molar-refractivity contribution in [3.63, 3.8) is 0 Å². The topological polar surface area (TPSA) is 80.3 Å². The van der Waals surface area contributed by atoms with Crippen LogP contribution >= 0.6 is 0 Å². The van der Waals surface area contributed by atoms with Crippen LogP contribution in [0.2, 0.25) is 0 Å². The molecular weight excluding hydrogens is 460 g/mol. The molecular formula is C29H48O7. The van der Waals surface area contributed by atoms with Crippen molar-refractivity contribution in [3.8, 4) is 0 Å². The molecule has 4 fully saturated rings. The van der Waals surface area contributed by atoms with E-state index in [0.717, 1.165) is 44.9 Å². The van der Waals surface area contributed by atoms with Crippen molar-refractivity contribution in [2.45, 2.75) is 90.8 Å². The van der Waals surface area contributed by atoms with Gasteiger partial charge >= 0.3 is 5.97 Å². The molecule has 206 valence electrons. The van der Waals surface area contributed by atoms with Crippen LogP contribution in [0.5, 0.6) is 0 Å². The van der Waals surface area contributed by atoms with Crippen LogP contribution in [-0.2, 0) is 33.3 Å². The monoisotopic (exact) mass is 508 g/mol. The molecule has 0 saturated heterocycles. The van der Waals surface area contributed by atoms with Crippen LogP contribution in [-0.4, -0.2) is 58.9 Å². The third-order valence-corrected chi connectivity index (χ3v) is 11.1. The molecule has 4 aliphatic carbocycles. The number of methoxy groups -OCH3 is 3. The minimum absolute atomic E-state index is 0.0554. The number of rotatable bonds is 10. The van der Waals surface area contributed by atoms with Gasteiger partial charge in [0.2, 0.25) is 0 Å². The lowest BCUT2D eigenvalue weighted by Gasteiger charge is -2.62. The summed E-state index contributed by atoms with van der Waals surface area (Å²) in [6.45, 7) is 7.51. The highest BCUT2D eigenvalue weighted by Crippen LogP contribution is 2.67. The Hall–Kier alpha value is -1.02. The number of carbonyl (C=O) groups excluding carboxylic acids is 2. The maximum atomic E-state index is 14.1. The Labute approximate surface area is 217 Å². The highest BCUT2D eigenvalue weighted by atomic mass is 16.7. The summed E-state index contributed by atoms with van der Waals surface area (Å²) >= 11 is 0. The molecule has 0 spiro atoms. The molecule has 4 aliphatic rings. The molecule has 0 aromatic rings. The molecule has 0 aliphatic heterocycles. The van der Waals surface area contributed by atoms with Gasteiger partial charge in [0, 0.05) is 32.5 Å². The standard InChI is InChI=1S/C29H48O7/c1-18(7-10-27(31)34-6)21-8-9-22-20-14-25(36-17-33-5)24-13-19(35-16-32-4)11-12-28(24,2)23(20)15-26(30)29(21,22)3/h18-25H,7-17H2,1-6H3/t18-,19+,20+,21-,22+,23+,24-,25+,28-,29-/m1/s1. The Morgan fingerprint density at radius 2 is 1.69 bits per heavy atom. The first kappa shape index (κ1) is 28.0. The van der Waals surface area contributed by atoms with Crippen molar-refractivity contribution in [1.82, 2.24) is 0 Å². The zero-order valence-electron chi connectivity index (χ0n) is 23.3. The highest BCUT2D eigenvalue weighted by molar-refractivity contribution is 5.87. The lowest BCUT2D eigenvalue weighted by molar-refractivity contribution is -0.212. The van der Waals surface area contributed by atoms with Gasteiger partial charge in [0.25, 0.3) is 0 Å². The van der Waals surface area contributed by atoms with Gasteiger partial charge in [-0.3, -0.25) is 9.59 Å². The van der Waals surface area contributed by atoms with E-state index in [1.54, 1.807) is 14.2 Å². The van der Waals surface area contributed by atoms with E-state index in [1.807, 2.05) is 0 Å². The summed E-state index contributed by atoms with van der Waals surface area (Å²) < 4.78 is 27.8. The fraction of sp³-hybridized carbons (Fsp3) is 0.931. The molecule has 0 N–H and O–H groups in total. The second kappa shape index (κ2) is 11.4. The Morgan fingerprint density at radius 1 is 0.972 bits per heavy atom. The normalized spacial score (nSPS) is 42.8. The molecule has 0 amide bonds. The second-order valence-corrected chi connectivity index (χ2v) is 12.5. The van der Waals surface area contributed by atoms with Gasteiger partial charge < -0.3 is 23.7 Å². The van der Waals surface area contributed by atoms with Gasteiger partial charge in [0.05, 0.1) is 19.3 Å². The van der Waals surface area contributed by atoms with Gasteiger partial charge in [-0.05, 0) is 85.9 Å². The molecule has 0 aromatic carbocycles. The molecule has 4 rings (SSSR count). The molecule has 0 bridgehead atoms. The Kier molecular flexibility index (Phi) is 8.85. The third-order valence-electron chi connectivity index (χ3n) is 11.1. The number of ketones is 1. The van der Waals surface area contributed by atoms with E-state index in [0.29, 0.717) is 67.7 Å². The second-order valence-electron chi connectivity index (χ2n) is 12.5. The predicted octanol–water partition coefficient (Wildman–Crippen LogP) is 5.00. The minimum atomic E-state index is -0.315. The predicted molar refractivity (Wildman–Crippen MR) is 135 cm³/mol. The van der Waals surface area contributed by atoms with Gasteiger partial charge in [-0.25, -0.2) is 0 Å². The summed E-state index contributed by atoms with van der Waals surface area (Å²) in [6.07, 6.45) is 8.30. The molecule has 0 unspecified atom stereocenters.